The Morgan fingerprint density at radius 3 is 2.14 bits per heavy atom. The zero-order chi connectivity index (χ0) is 5.86. The third-order valence-corrected chi connectivity index (χ3v) is 0.419. The maximum absolute atomic E-state index is 9.94. The van der Waals surface area contributed by atoms with Crippen molar-refractivity contribution in [3.05, 3.63) is 5.21 Å². The molecule has 0 unspecified atom stereocenters. The lowest BCUT2D eigenvalue weighted by Gasteiger charge is -2.02. The van der Waals surface area contributed by atoms with Gasteiger partial charge in [0, 0.05) is 0 Å². The van der Waals surface area contributed by atoms with Gasteiger partial charge in [-0.2, -0.15) is 5.01 Å². The summed E-state index contributed by atoms with van der Waals surface area (Å²) in [6.07, 6.45) is 0. The average molecular weight is 105 g/mol. The summed E-state index contributed by atoms with van der Waals surface area (Å²) < 4.78 is 0. The molecule has 5 nitrogen and oxygen atoms in total. The Morgan fingerprint density at radius 2 is 2.14 bits per heavy atom. The normalized spacial score (nSPS) is 11.4. The molecule has 0 aliphatic carbocycles. The third-order valence-electron chi connectivity index (χ3n) is 0.419. The van der Waals surface area contributed by atoms with Crippen LogP contribution in [0.25, 0.3) is 0 Å². The van der Waals surface area contributed by atoms with Gasteiger partial charge in [0.05, 0.1) is 19.1 Å². The van der Waals surface area contributed by atoms with Crippen molar-refractivity contribution in [1.29, 1.82) is 0 Å². The number of hydrazine groups is 1. The van der Waals surface area contributed by atoms with E-state index in [2.05, 4.69) is 5.28 Å². The lowest BCUT2D eigenvalue weighted by molar-refractivity contribution is -0.698. The van der Waals surface area contributed by atoms with Gasteiger partial charge >= 0.3 is 0 Å². The highest BCUT2D eigenvalue weighted by molar-refractivity contribution is 4.01. The summed E-state index contributed by atoms with van der Waals surface area (Å²) in [5, 5.41) is 21.0. The molecule has 0 bridgehead atoms. The van der Waals surface area contributed by atoms with Crippen LogP contribution in [0.3, 0.4) is 0 Å². The number of nitrogens with zero attached hydrogens (tertiary/aromatic N) is 3. The summed E-state index contributed by atoms with van der Waals surface area (Å²) in [6.45, 7) is 0. The zero-order valence-corrected chi connectivity index (χ0v) is 4.20. The second-order valence-electron chi connectivity index (χ2n) is 1.19. The van der Waals surface area contributed by atoms with Crippen LogP contribution in [0.4, 0.5) is 0 Å². The topological polar surface area (TPSA) is 61.9 Å². The van der Waals surface area contributed by atoms with Crippen LogP contribution in [0.1, 0.15) is 0 Å². The average Bonchev–Trinajstić information content (AvgIpc) is 1.65. The molecule has 0 saturated carbocycles. The molecule has 0 heterocycles. The van der Waals surface area contributed by atoms with Gasteiger partial charge in [-0.05, 0) is 0 Å². The molecule has 0 fully saturated rings. The van der Waals surface area contributed by atoms with Crippen LogP contribution in [0.5, 0.6) is 0 Å². The number of hydrogen-bond donors (Lipinski definition) is 1. The number of rotatable bonds is 1. The van der Waals surface area contributed by atoms with E-state index < -0.39 is 0 Å². The van der Waals surface area contributed by atoms with Crippen LogP contribution in [-0.2, 0) is 0 Å². The van der Waals surface area contributed by atoms with Crippen LogP contribution in [0, 0.1) is 5.21 Å². The standard InChI is InChI=1S/C2H7N3O2/c1-4(2)5(7)3-6/h6H,1-2H3. The SMILES string of the molecule is CN(C)[N+]([O-])=NO. The van der Waals surface area contributed by atoms with Crippen molar-refractivity contribution in [2.24, 2.45) is 5.28 Å². The van der Waals surface area contributed by atoms with Gasteiger partial charge in [-0.25, -0.2) is 0 Å². The fourth-order valence-corrected chi connectivity index (χ4v) is 0.0800. The molecule has 0 saturated heterocycles. The maximum Gasteiger partial charge on any atom is 0.230 e. The van der Waals surface area contributed by atoms with Crippen molar-refractivity contribution in [2.45, 2.75) is 0 Å². The Balaban J connectivity index is 3.56. The fourth-order valence-electron chi connectivity index (χ4n) is 0.0800. The molecule has 0 rings (SSSR count). The van der Waals surface area contributed by atoms with Gasteiger partial charge in [0.1, 0.15) is 0 Å². The quantitative estimate of drug-likeness (QED) is 0.285. The van der Waals surface area contributed by atoms with E-state index in [1.807, 2.05) is 0 Å². The molecule has 5 heteroatoms. The molecule has 0 atom stereocenters. The van der Waals surface area contributed by atoms with Gasteiger partial charge in [-0.1, -0.05) is 0 Å². The van der Waals surface area contributed by atoms with Crippen molar-refractivity contribution >= 4 is 0 Å². The second-order valence-corrected chi connectivity index (χ2v) is 1.19. The highest BCUT2D eigenvalue weighted by Crippen LogP contribution is 1.73. The molecular weight excluding hydrogens is 98.0 g/mol. The molecule has 0 spiro atoms. The van der Waals surface area contributed by atoms with Crippen LogP contribution >= 0.6 is 0 Å². The third kappa shape index (κ3) is 1.80. The van der Waals surface area contributed by atoms with E-state index in [1.165, 1.54) is 14.1 Å². The van der Waals surface area contributed by atoms with Gasteiger partial charge in [0.15, 0.2) is 0 Å². The molecule has 0 aromatic carbocycles. The lowest BCUT2D eigenvalue weighted by Crippen LogP contribution is -2.20. The van der Waals surface area contributed by atoms with Gasteiger partial charge < -0.3 is 10.4 Å². The molecule has 0 amide bonds. The van der Waals surface area contributed by atoms with Crippen molar-refractivity contribution < 1.29 is 10.2 Å². The molecule has 0 aliphatic rings. The van der Waals surface area contributed by atoms with E-state index in [0.717, 1.165) is 5.01 Å². The lowest BCUT2D eigenvalue weighted by atomic mass is 11.2. The van der Waals surface area contributed by atoms with Crippen molar-refractivity contribution in [1.82, 2.24) is 5.01 Å². The first-order valence-corrected chi connectivity index (χ1v) is 1.68. The van der Waals surface area contributed by atoms with E-state index in [-0.39, 0.29) is 4.97 Å². The van der Waals surface area contributed by atoms with E-state index in [1.54, 1.807) is 0 Å². The molecule has 42 valence electrons. The predicted octanol–water partition coefficient (Wildman–Crippen LogP) is -0.185. The van der Waals surface area contributed by atoms with Crippen LogP contribution < -0.4 is 0 Å². The smallest absolute Gasteiger partial charge is 0.230 e. The zero-order valence-electron chi connectivity index (χ0n) is 4.20. The summed E-state index contributed by atoms with van der Waals surface area (Å²) >= 11 is 0. The Bertz CT molecular complexity index is 79.0. The minimum absolute atomic E-state index is 0.0556. The molecule has 0 aromatic rings. The van der Waals surface area contributed by atoms with Gasteiger partial charge in [-0.3, -0.25) is 0 Å². The summed E-state index contributed by atoms with van der Waals surface area (Å²) in [7, 11) is 2.93. The van der Waals surface area contributed by atoms with Crippen LogP contribution in [-0.4, -0.2) is 29.3 Å². The largest absolute Gasteiger partial charge is 0.569 e. The van der Waals surface area contributed by atoms with E-state index in [0.29, 0.717) is 0 Å². The van der Waals surface area contributed by atoms with Gasteiger partial charge in [-0.15, -0.1) is 0 Å². The summed E-state index contributed by atoms with van der Waals surface area (Å²) in [6, 6.07) is 0. The molecule has 7 heavy (non-hydrogen) atoms. The Kier molecular flexibility index (Phi) is 1.90. The minimum atomic E-state index is 0.0556. The summed E-state index contributed by atoms with van der Waals surface area (Å²) in [4.78, 5) is 0.0556. The molecule has 0 aliphatic heterocycles. The first kappa shape index (κ1) is 6.00. The van der Waals surface area contributed by atoms with Crippen molar-refractivity contribution in [2.75, 3.05) is 14.1 Å². The Hall–Kier alpha value is -1.00. The molecule has 1 N–H and O–H groups in total. The fraction of sp³-hybridized carbons (Fsp3) is 1.00. The Morgan fingerprint density at radius 1 is 1.71 bits per heavy atom. The highest BCUT2D eigenvalue weighted by atomic mass is 16.6. The Labute approximate surface area is 41.0 Å². The maximum atomic E-state index is 9.94. The first-order chi connectivity index (χ1) is 3.18. The van der Waals surface area contributed by atoms with E-state index in [4.69, 9.17) is 5.21 Å². The second kappa shape index (κ2) is 2.22. The van der Waals surface area contributed by atoms with Gasteiger partial charge in [0.2, 0.25) is 5.28 Å². The first-order valence-electron chi connectivity index (χ1n) is 1.68. The van der Waals surface area contributed by atoms with E-state index >= 15 is 0 Å². The summed E-state index contributed by atoms with van der Waals surface area (Å²) in [5.41, 5.74) is 0. The predicted molar refractivity (Wildman–Crippen MR) is 21.5 cm³/mol. The van der Waals surface area contributed by atoms with Crippen molar-refractivity contribution in [3.63, 3.8) is 0 Å². The minimum Gasteiger partial charge on any atom is -0.569 e. The van der Waals surface area contributed by atoms with Crippen LogP contribution in [0.15, 0.2) is 5.28 Å². The number of hydrogen-bond acceptors (Lipinski definition) is 2. The van der Waals surface area contributed by atoms with Crippen LogP contribution in [0.2, 0.25) is 0 Å². The van der Waals surface area contributed by atoms with E-state index in [9.17, 15) is 5.21 Å². The monoisotopic (exact) mass is 105 g/mol. The molecule has 0 aromatic heterocycles. The van der Waals surface area contributed by atoms with Gasteiger partial charge in [0.25, 0.3) is 0 Å². The molecular formula is C2H7N3O2. The van der Waals surface area contributed by atoms with Crippen molar-refractivity contribution in [3.8, 4) is 0 Å². The molecule has 0 radical (unpaired) electrons. The summed E-state index contributed by atoms with van der Waals surface area (Å²) in [5.74, 6) is 0. The highest BCUT2D eigenvalue weighted by Gasteiger charge is 1.91.